The largest absolute Gasteiger partial charge is 0.455 e. The molecule has 1 atom stereocenters. The number of rotatable bonds is 4. The van der Waals surface area contributed by atoms with Crippen LogP contribution < -0.4 is 10.2 Å². The molecule has 3 fully saturated rings. The highest BCUT2D eigenvalue weighted by Gasteiger charge is 2.45. The molecule has 0 aromatic heterocycles. The predicted molar refractivity (Wildman–Crippen MR) is 117 cm³/mol. The molecule has 4 aliphatic rings. The quantitative estimate of drug-likeness (QED) is 0.730. The summed E-state index contributed by atoms with van der Waals surface area (Å²) in [7, 11) is 0. The minimum absolute atomic E-state index is 0.123. The highest BCUT2D eigenvalue weighted by Crippen LogP contribution is 2.31. The second-order valence-electron chi connectivity index (χ2n) is 9.35. The number of carbonyl (C=O) groups excluding carboxylic acids is 2. The molecule has 0 saturated carbocycles. The number of nitroso groups, excluding NO2 is 1. The van der Waals surface area contributed by atoms with Crippen molar-refractivity contribution >= 4 is 17.5 Å². The first-order valence-electron chi connectivity index (χ1n) is 11.7. The smallest absolute Gasteiger partial charge is 0.369 e. The molecule has 4 heterocycles. The molecule has 4 aliphatic heterocycles. The Hall–Kier alpha value is -2.32. The molecule has 0 aliphatic carbocycles. The number of fused-ring (bicyclic) bond motifs is 1. The van der Waals surface area contributed by atoms with Gasteiger partial charge in [0.1, 0.15) is 0 Å². The summed E-state index contributed by atoms with van der Waals surface area (Å²) in [5.41, 5.74) is 2.79. The molecule has 1 unspecified atom stereocenters. The number of anilines is 1. The molecule has 1 aromatic rings. The van der Waals surface area contributed by atoms with Crippen molar-refractivity contribution in [3.8, 4) is 0 Å². The SMILES string of the molecule is O=C1c2ccc(N3CCN(CC4CCNCC4)CC3)cc2CN1C1CCC[N+](=O)C1=O. The van der Waals surface area contributed by atoms with Gasteiger partial charge in [0.2, 0.25) is 6.54 Å². The molecule has 1 N–H and O–H groups in total. The van der Waals surface area contributed by atoms with Gasteiger partial charge in [0.05, 0.1) is 4.76 Å². The number of carbonyl (C=O) groups is 2. The van der Waals surface area contributed by atoms with E-state index in [4.69, 9.17) is 0 Å². The van der Waals surface area contributed by atoms with Crippen LogP contribution in [0.2, 0.25) is 0 Å². The number of nitrogens with one attached hydrogen (secondary N) is 1. The van der Waals surface area contributed by atoms with Crippen LogP contribution in [0.3, 0.4) is 0 Å². The fourth-order valence-electron chi connectivity index (χ4n) is 5.51. The maximum atomic E-state index is 12.9. The van der Waals surface area contributed by atoms with Crippen LogP contribution in [0, 0.1) is 10.8 Å². The lowest BCUT2D eigenvalue weighted by Gasteiger charge is -2.38. The number of hydrogen-bond acceptors (Lipinski definition) is 6. The van der Waals surface area contributed by atoms with Crippen molar-refractivity contribution in [3.05, 3.63) is 34.2 Å². The topological polar surface area (TPSA) is 76.0 Å². The third-order valence-electron chi connectivity index (χ3n) is 7.38. The Morgan fingerprint density at radius 2 is 1.81 bits per heavy atom. The van der Waals surface area contributed by atoms with Crippen molar-refractivity contribution in [1.82, 2.24) is 15.1 Å². The number of nitrogens with zero attached hydrogens (tertiary/aromatic N) is 4. The highest BCUT2D eigenvalue weighted by atomic mass is 16.3. The first-order chi connectivity index (χ1) is 15.1. The number of piperazine rings is 1. The summed E-state index contributed by atoms with van der Waals surface area (Å²) in [6.07, 6.45) is 3.78. The molecule has 3 saturated heterocycles. The first-order valence-corrected chi connectivity index (χ1v) is 11.7. The zero-order valence-corrected chi connectivity index (χ0v) is 18.1. The molecule has 5 rings (SSSR count). The van der Waals surface area contributed by atoms with Gasteiger partial charge in [-0.2, -0.15) is 0 Å². The van der Waals surface area contributed by atoms with Crippen LogP contribution in [-0.4, -0.2) is 84.8 Å². The second kappa shape index (κ2) is 8.67. The number of amides is 2. The van der Waals surface area contributed by atoms with Crippen LogP contribution >= 0.6 is 0 Å². The molecule has 2 amide bonds. The van der Waals surface area contributed by atoms with Gasteiger partial charge in [0, 0.05) is 61.8 Å². The lowest BCUT2D eigenvalue weighted by Crippen LogP contribution is -2.48. The third kappa shape index (κ3) is 4.11. The Labute approximate surface area is 183 Å². The molecule has 8 nitrogen and oxygen atoms in total. The molecule has 8 heteroatoms. The summed E-state index contributed by atoms with van der Waals surface area (Å²) in [4.78, 5) is 43.6. The normalized spacial score (nSPS) is 25.9. The average molecular weight is 427 g/mol. The lowest BCUT2D eigenvalue weighted by molar-refractivity contribution is -0.480. The van der Waals surface area contributed by atoms with E-state index in [9.17, 15) is 14.5 Å². The van der Waals surface area contributed by atoms with Crippen molar-refractivity contribution in [2.75, 3.05) is 57.3 Å². The van der Waals surface area contributed by atoms with Gasteiger partial charge in [-0.05, 0) is 62.0 Å². The van der Waals surface area contributed by atoms with Gasteiger partial charge in [0.25, 0.3) is 5.91 Å². The molecule has 0 radical (unpaired) electrons. The van der Waals surface area contributed by atoms with Gasteiger partial charge < -0.3 is 15.1 Å². The zero-order valence-electron chi connectivity index (χ0n) is 18.1. The minimum Gasteiger partial charge on any atom is -0.369 e. The maximum absolute atomic E-state index is 12.9. The maximum Gasteiger partial charge on any atom is 0.455 e. The van der Waals surface area contributed by atoms with E-state index in [1.807, 2.05) is 12.1 Å². The van der Waals surface area contributed by atoms with Gasteiger partial charge in [0.15, 0.2) is 6.04 Å². The second-order valence-corrected chi connectivity index (χ2v) is 9.35. The van der Waals surface area contributed by atoms with E-state index >= 15 is 0 Å². The minimum atomic E-state index is -0.617. The fourth-order valence-corrected chi connectivity index (χ4v) is 5.51. The van der Waals surface area contributed by atoms with Gasteiger partial charge in [-0.1, -0.05) is 0 Å². The van der Waals surface area contributed by atoms with E-state index in [2.05, 4.69) is 21.2 Å². The Bertz CT molecular complexity index is 874. The summed E-state index contributed by atoms with van der Waals surface area (Å²) in [6, 6.07) is 5.42. The standard InChI is InChI=1S/C23H32N5O3/c29-22-20-4-3-19(14-18(20)16-27(22)21-2-1-9-28(31)23(21)30)26-12-10-25(11-13-26)15-17-5-7-24-8-6-17/h3-4,14,17,21,24H,1-2,5-13,15-16H2/q+1. The number of hydrogen-bond donors (Lipinski definition) is 1. The van der Waals surface area contributed by atoms with Crippen LogP contribution in [0.15, 0.2) is 18.2 Å². The van der Waals surface area contributed by atoms with E-state index in [0.717, 1.165) is 56.4 Å². The van der Waals surface area contributed by atoms with Crippen molar-refractivity contribution < 1.29 is 14.3 Å². The molecular formula is C23H32N5O3+. The third-order valence-corrected chi connectivity index (χ3v) is 7.38. The summed E-state index contributed by atoms with van der Waals surface area (Å²) >= 11 is 0. The Balaban J connectivity index is 1.21. The predicted octanol–water partition coefficient (Wildman–Crippen LogP) is 1.23. The van der Waals surface area contributed by atoms with Crippen molar-refractivity contribution in [2.24, 2.45) is 5.92 Å². The summed E-state index contributed by atoms with van der Waals surface area (Å²) in [5.74, 6) is 0.219. The van der Waals surface area contributed by atoms with Gasteiger partial charge in [-0.3, -0.25) is 9.69 Å². The lowest BCUT2D eigenvalue weighted by atomic mass is 9.97. The van der Waals surface area contributed by atoms with Crippen LogP contribution in [0.5, 0.6) is 0 Å². The molecule has 0 spiro atoms. The zero-order chi connectivity index (χ0) is 21.4. The highest BCUT2D eigenvalue weighted by molar-refractivity contribution is 6.00. The van der Waals surface area contributed by atoms with Crippen LogP contribution in [-0.2, 0) is 11.3 Å². The monoisotopic (exact) mass is 426 g/mol. The Morgan fingerprint density at radius 3 is 2.58 bits per heavy atom. The Kier molecular flexibility index (Phi) is 5.75. The summed E-state index contributed by atoms with van der Waals surface area (Å²) < 4.78 is 0.513. The Morgan fingerprint density at radius 1 is 1.03 bits per heavy atom. The van der Waals surface area contributed by atoms with Crippen molar-refractivity contribution in [1.29, 1.82) is 0 Å². The van der Waals surface area contributed by atoms with Crippen LogP contribution in [0.25, 0.3) is 0 Å². The molecule has 1 aromatic carbocycles. The number of benzene rings is 1. The van der Waals surface area contributed by atoms with Gasteiger partial charge in [-0.15, -0.1) is 0 Å². The van der Waals surface area contributed by atoms with Gasteiger partial charge in [-0.25, -0.2) is 4.79 Å². The van der Waals surface area contributed by atoms with E-state index in [0.29, 0.717) is 29.7 Å². The molecule has 166 valence electrons. The van der Waals surface area contributed by atoms with E-state index in [-0.39, 0.29) is 12.5 Å². The van der Waals surface area contributed by atoms with E-state index < -0.39 is 11.9 Å². The van der Waals surface area contributed by atoms with Crippen molar-refractivity contribution in [2.45, 2.75) is 38.3 Å². The molecular weight excluding hydrogens is 394 g/mol. The molecule has 31 heavy (non-hydrogen) atoms. The van der Waals surface area contributed by atoms with E-state index in [1.54, 1.807) is 4.90 Å². The summed E-state index contributed by atoms with van der Waals surface area (Å²) in [5, 5.41) is 3.44. The van der Waals surface area contributed by atoms with Crippen LogP contribution in [0.4, 0.5) is 5.69 Å². The average Bonchev–Trinajstić information content (AvgIpc) is 3.12. The fraction of sp³-hybridized carbons (Fsp3) is 0.652. The van der Waals surface area contributed by atoms with E-state index in [1.165, 1.54) is 19.4 Å². The number of piperidine rings is 2. The summed E-state index contributed by atoms with van der Waals surface area (Å²) in [6.45, 7) is 8.28. The molecule has 0 bridgehead atoms. The van der Waals surface area contributed by atoms with Crippen LogP contribution in [0.1, 0.15) is 41.6 Å². The van der Waals surface area contributed by atoms with Crippen molar-refractivity contribution in [3.63, 3.8) is 0 Å². The van der Waals surface area contributed by atoms with Gasteiger partial charge >= 0.3 is 5.91 Å². The first kappa shape index (κ1) is 20.6.